The second kappa shape index (κ2) is 14.2. The SMILES string of the molecule is [CH2]CCCC(=S)CCCCCCCCCCC. The van der Waals surface area contributed by atoms with Crippen molar-refractivity contribution < 1.29 is 0 Å². The molecule has 0 aliphatic rings. The summed E-state index contributed by atoms with van der Waals surface area (Å²) in [5, 5.41) is 0. The van der Waals surface area contributed by atoms with E-state index >= 15 is 0 Å². The van der Waals surface area contributed by atoms with E-state index < -0.39 is 0 Å². The van der Waals surface area contributed by atoms with Gasteiger partial charge in [-0.15, -0.1) is 0 Å². The zero-order chi connectivity index (χ0) is 12.8. The average Bonchev–Trinajstić information content (AvgIpc) is 2.34. The molecule has 0 bridgehead atoms. The molecule has 0 atom stereocenters. The highest BCUT2D eigenvalue weighted by Crippen LogP contribution is 2.12. The van der Waals surface area contributed by atoms with Gasteiger partial charge in [-0.1, -0.05) is 83.9 Å². The van der Waals surface area contributed by atoms with Crippen LogP contribution in [0.1, 0.15) is 90.4 Å². The fraction of sp³-hybridized carbons (Fsp3) is 0.875. The fourth-order valence-electron chi connectivity index (χ4n) is 2.08. The second-order valence-corrected chi connectivity index (χ2v) is 5.65. The van der Waals surface area contributed by atoms with Gasteiger partial charge in [-0.3, -0.25) is 0 Å². The van der Waals surface area contributed by atoms with Crippen LogP contribution in [-0.4, -0.2) is 4.86 Å². The zero-order valence-electron chi connectivity index (χ0n) is 11.8. The highest BCUT2D eigenvalue weighted by atomic mass is 32.1. The number of hydrogen-bond donors (Lipinski definition) is 0. The van der Waals surface area contributed by atoms with Crippen molar-refractivity contribution in [2.24, 2.45) is 0 Å². The van der Waals surface area contributed by atoms with Gasteiger partial charge in [0.05, 0.1) is 0 Å². The normalized spacial score (nSPS) is 10.7. The quantitative estimate of drug-likeness (QED) is 0.275. The summed E-state index contributed by atoms with van der Waals surface area (Å²) >= 11 is 5.34. The van der Waals surface area contributed by atoms with E-state index in [0.29, 0.717) is 0 Å². The maximum Gasteiger partial charge on any atom is -0.00715 e. The van der Waals surface area contributed by atoms with Crippen molar-refractivity contribution in [3.05, 3.63) is 6.92 Å². The monoisotopic (exact) mass is 255 g/mol. The van der Waals surface area contributed by atoms with Crippen LogP contribution in [0.5, 0.6) is 0 Å². The Balaban J connectivity index is 3.05. The lowest BCUT2D eigenvalue weighted by Gasteiger charge is -2.03. The van der Waals surface area contributed by atoms with Crippen LogP contribution in [0.2, 0.25) is 0 Å². The van der Waals surface area contributed by atoms with Gasteiger partial charge < -0.3 is 0 Å². The Morgan fingerprint density at radius 1 is 0.765 bits per heavy atom. The lowest BCUT2D eigenvalue weighted by molar-refractivity contribution is 0.568. The van der Waals surface area contributed by atoms with Gasteiger partial charge in [0.1, 0.15) is 0 Å². The largest absolute Gasteiger partial charge is 0.0897 e. The Morgan fingerprint density at radius 3 is 1.76 bits per heavy atom. The van der Waals surface area contributed by atoms with Crippen molar-refractivity contribution in [1.82, 2.24) is 0 Å². The van der Waals surface area contributed by atoms with Gasteiger partial charge in [0.2, 0.25) is 0 Å². The molecular formula is C16H31S. The molecule has 0 aliphatic carbocycles. The Kier molecular flexibility index (Phi) is 14.2. The van der Waals surface area contributed by atoms with E-state index in [1.807, 2.05) is 0 Å². The van der Waals surface area contributed by atoms with Gasteiger partial charge in [-0.05, 0) is 30.5 Å². The molecule has 0 saturated heterocycles. The van der Waals surface area contributed by atoms with Crippen LogP contribution in [0.25, 0.3) is 0 Å². The molecule has 0 unspecified atom stereocenters. The molecule has 0 nitrogen and oxygen atoms in total. The summed E-state index contributed by atoms with van der Waals surface area (Å²) < 4.78 is 0. The van der Waals surface area contributed by atoms with E-state index in [2.05, 4.69) is 13.8 Å². The second-order valence-electron chi connectivity index (χ2n) is 5.07. The predicted octanol–water partition coefficient (Wildman–Crippen LogP) is 6.28. The van der Waals surface area contributed by atoms with Crippen molar-refractivity contribution in [3.8, 4) is 0 Å². The van der Waals surface area contributed by atoms with Crippen LogP contribution in [-0.2, 0) is 0 Å². The van der Waals surface area contributed by atoms with E-state index in [1.165, 1.54) is 75.5 Å². The third-order valence-electron chi connectivity index (χ3n) is 3.26. The molecule has 17 heavy (non-hydrogen) atoms. The molecule has 0 heterocycles. The third-order valence-corrected chi connectivity index (χ3v) is 3.67. The molecule has 0 saturated carbocycles. The van der Waals surface area contributed by atoms with Gasteiger partial charge >= 0.3 is 0 Å². The highest BCUT2D eigenvalue weighted by molar-refractivity contribution is 7.80. The Labute approximate surface area is 115 Å². The van der Waals surface area contributed by atoms with Gasteiger partial charge in [0.25, 0.3) is 0 Å². The highest BCUT2D eigenvalue weighted by Gasteiger charge is 1.97. The van der Waals surface area contributed by atoms with Gasteiger partial charge in [-0.2, -0.15) is 0 Å². The van der Waals surface area contributed by atoms with Crippen LogP contribution in [0.15, 0.2) is 0 Å². The first-order valence-electron chi connectivity index (χ1n) is 7.62. The number of rotatable bonds is 13. The zero-order valence-corrected chi connectivity index (χ0v) is 12.6. The summed E-state index contributed by atoms with van der Waals surface area (Å²) in [5.74, 6) is 0. The summed E-state index contributed by atoms with van der Waals surface area (Å²) in [7, 11) is 0. The van der Waals surface area contributed by atoms with Gasteiger partial charge in [0, 0.05) is 0 Å². The van der Waals surface area contributed by atoms with Crippen molar-refractivity contribution in [2.75, 3.05) is 0 Å². The molecule has 0 amide bonds. The van der Waals surface area contributed by atoms with Gasteiger partial charge in [0.15, 0.2) is 0 Å². The molecule has 0 aliphatic heterocycles. The first kappa shape index (κ1) is 17.1. The molecule has 0 aromatic rings. The summed E-state index contributed by atoms with van der Waals surface area (Å²) in [5.41, 5.74) is 0. The molecular weight excluding hydrogens is 224 g/mol. The first-order valence-corrected chi connectivity index (χ1v) is 8.03. The summed E-state index contributed by atoms with van der Waals surface area (Å²) in [4.78, 5) is 1.27. The topological polar surface area (TPSA) is 0 Å². The lowest BCUT2D eigenvalue weighted by Crippen LogP contribution is -1.94. The average molecular weight is 255 g/mol. The predicted molar refractivity (Wildman–Crippen MR) is 83.7 cm³/mol. The first-order chi connectivity index (χ1) is 8.31. The van der Waals surface area contributed by atoms with E-state index in [0.717, 1.165) is 12.8 Å². The number of thiocarbonyl (C=S) groups is 1. The molecule has 0 aromatic carbocycles. The minimum atomic E-state index is 1.03. The molecule has 0 rings (SSSR count). The number of hydrogen-bond acceptors (Lipinski definition) is 1. The molecule has 1 heteroatoms. The minimum Gasteiger partial charge on any atom is -0.0897 e. The van der Waals surface area contributed by atoms with Crippen LogP contribution in [0.4, 0.5) is 0 Å². The van der Waals surface area contributed by atoms with Crippen LogP contribution in [0, 0.1) is 6.92 Å². The summed E-state index contributed by atoms with van der Waals surface area (Å²) in [6.45, 7) is 6.12. The van der Waals surface area contributed by atoms with Crippen molar-refractivity contribution >= 4 is 17.1 Å². The molecule has 1 radical (unpaired) electrons. The minimum absolute atomic E-state index is 1.03. The lowest BCUT2D eigenvalue weighted by atomic mass is 10.0. The van der Waals surface area contributed by atoms with E-state index in [-0.39, 0.29) is 0 Å². The van der Waals surface area contributed by atoms with Crippen LogP contribution in [0.3, 0.4) is 0 Å². The van der Waals surface area contributed by atoms with Crippen molar-refractivity contribution in [3.63, 3.8) is 0 Å². The Morgan fingerprint density at radius 2 is 1.24 bits per heavy atom. The maximum absolute atomic E-state index is 5.34. The van der Waals surface area contributed by atoms with Crippen LogP contribution < -0.4 is 0 Å². The maximum atomic E-state index is 5.34. The Hall–Kier alpha value is 0.0900. The molecule has 0 N–H and O–H groups in total. The smallest absolute Gasteiger partial charge is 0.00715 e. The van der Waals surface area contributed by atoms with E-state index in [4.69, 9.17) is 12.2 Å². The summed E-state index contributed by atoms with van der Waals surface area (Å²) in [6.07, 6.45) is 17.1. The standard InChI is InChI=1S/C16H31S/c1-3-5-7-8-9-10-11-12-13-15-16(17)14-6-4-2/h2-15H2,1H3. The van der Waals surface area contributed by atoms with Gasteiger partial charge in [-0.25, -0.2) is 0 Å². The molecule has 101 valence electrons. The molecule has 0 aromatic heterocycles. The molecule has 0 fully saturated rings. The van der Waals surface area contributed by atoms with Crippen molar-refractivity contribution in [1.29, 1.82) is 0 Å². The summed E-state index contributed by atoms with van der Waals surface area (Å²) in [6, 6.07) is 0. The van der Waals surface area contributed by atoms with Crippen LogP contribution >= 0.6 is 12.2 Å². The molecule has 0 spiro atoms. The third kappa shape index (κ3) is 14.0. The fourth-order valence-corrected chi connectivity index (χ4v) is 2.37. The van der Waals surface area contributed by atoms with E-state index in [1.54, 1.807) is 0 Å². The van der Waals surface area contributed by atoms with Crippen molar-refractivity contribution in [2.45, 2.75) is 90.4 Å². The van der Waals surface area contributed by atoms with E-state index in [9.17, 15) is 0 Å². The Bertz CT molecular complexity index is 163. The number of unbranched alkanes of at least 4 members (excludes halogenated alkanes) is 9.